The maximum atomic E-state index is 13.9. The molecule has 2 heterocycles. The summed E-state index contributed by atoms with van der Waals surface area (Å²) in [7, 11) is 0. The van der Waals surface area contributed by atoms with E-state index >= 15 is 0 Å². The monoisotopic (exact) mass is 612 g/mol. The van der Waals surface area contributed by atoms with E-state index in [-0.39, 0.29) is 51.5 Å². The summed E-state index contributed by atoms with van der Waals surface area (Å²) >= 11 is 0. The van der Waals surface area contributed by atoms with Crippen LogP contribution in [0, 0.1) is 56.7 Å². The van der Waals surface area contributed by atoms with Crippen LogP contribution < -0.4 is 0 Å². The second kappa shape index (κ2) is 10.2. The highest BCUT2D eigenvalue weighted by molar-refractivity contribution is 6.04. The van der Waals surface area contributed by atoms with Crippen molar-refractivity contribution >= 4 is 29.7 Å². The van der Waals surface area contributed by atoms with E-state index in [1.54, 1.807) is 30.7 Å². The quantitative estimate of drug-likeness (QED) is 0.339. The molecule has 0 aromatic carbocycles. The van der Waals surface area contributed by atoms with Crippen molar-refractivity contribution in [2.75, 3.05) is 0 Å². The molecular weight excluding hydrogens is 564 g/mol. The summed E-state index contributed by atoms with van der Waals surface area (Å²) in [5, 5.41) is 10.8. The maximum absolute atomic E-state index is 13.9. The summed E-state index contributed by atoms with van der Waals surface area (Å²) in [4.78, 5) is 40.9. The van der Waals surface area contributed by atoms with Gasteiger partial charge in [-0.15, -0.1) is 0 Å². The molecule has 45 heavy (non-hydrogen) atoms. The van der Waals surface area contributed by atoms with E-state index in [1.807, 2.05) is 24.3 Å². The van der Waals surface area contributed by atoms with Crippen LogP contribution in [0.2, 0.25) is 0 Å². The Morgan fingerprint density at radius 2 is 1.56 bits per heavy atom. The zero-order valence-electron chi connectivity index (χ0n) is 27.4. The zero-order chi connectivity index (χ0) is 32.0. The highest BCUT2D eigenvalue weighted by Crippen LogP contribution is 2.77. The first-order valence-electron chi connectivity index (χ1n) is 17.1. The van der Waals surface area contributed by atoms with Crippen molar-refractivity contribution in [2.24, 2.45) is 56.7 Å². The van der Waals surface area contributed by atoms with Crippen LogP contribution in [0.1, 0.15) is 104 Å². The van der Waals surface area contributed by atoms with Gasteiger partial charge >= 0.3 is 5.97 Å². The van der Waals surface area contributed by atoms with Gasteiger partial charge in [0.2, 0.25) is 0 Å². The number of carbonyl (C=O) groups is 3. The molecule has 240 valence electrons. The molecule has 0 saturated heterocycles. The highest BCUT2D eigenvalue weighted by atomic mass is 16.4. The van der Waals surface area contributed by atoms with Crippen molar-refractivity contribution in [1.82, 2.24) is 0 Å². The molecule has 1 N–H and O–H groups in total. The van der Waals surface area contributed by atoms with E-state index in [0.29, 0.717) is 30.9 Å². The molecule has 0 radical (unpaired) electrons. The van der Waals surface area contributed by atoms with E-state index in [9.17, 15) is 19.5 Å². The third-order valence-corrected chi connectivity index (χ3v) is 14.6. The largest absolute Gasteiger partial charge is 0.481 e. The average Bonchev–Trinajstić information content (AvgIpc) is 3.77. The summed E-state index contributed by atoms with van der Waals surface area (Å²) < 4.78 is 11.1. The number of allylic oxidation sites excluding steroid dienone is 2. The van der Waals surface area contributed by atoms with Gasteiger partial charge in [-0.2, -0.15) is 0 Å². The first kappa shape index (κ1) is 30.5. The number of hydrogen-bond donors (Lipinski definition) is 1. The van der Waals surface area contributed by atoms with Gasteiger partial charge in [0.25, 0.3) is 0 Å². The summed E-state index contributed by atoms with van der Waals surface area (Å²) in [5.74, 6) is 1.27. The normalized spacial score (nSPS) is 43.0. The van der Waals surface area contributed by atoms with Crippen molar-refractivity contribution < 1.29 is 28.3 Å². The minimum Gasteiger partial charge on any atom is -0.481 e. The number of carbonyl (C=O) groups excluding carboxylic acids is 2. The Labute approximate surface area is 266 Å². The first-order chi connectivity index (χ1) is 21.3. The van der Waals surface area contributed by atoms with E-state index in [1.165, 1.54) is 0 Å². The van der Waals surface area contributed by atoms with Gasteiger partial charge in [-0.05, 0) is 146 Å². The van der Waals surface area contributed by atoms with Crippen LogP contribution in [0.3, 0.4) is 0 Å². The molecule has 9 atom stereocenters. The fraction of sp³-hybridized carbons (Fsp3) is 0.615. The lowest BCUT2D eigenvalue weighted by Crippen LogP contribution is -2.67. The second-order valence-electron chi connectivity index (χ2n) is 16.5. The molecule has 6 heteroatoms. The molecule has 6 nitrogen and oxygen atoms in total. The Morgan fingerprint density at radius 1 is 0.844 bits per heavy atom. The number of Topliss-reactive ketones (excluding diaryl/α,β-unsaturated/α-hetero) is 1. The Hall–Kier alpha value is -3.15. The lowest BCUT2D eigenvalue weighted by molar-refractivity contribution is -0.232. The van der Waals surface area contributed by atoms with Crippen LogP contribution in [-0.2, 0) is 14.4 Å². The average molecular weight is 613 g/mol. The Bertz CT molecular complexity index is 1560. The lowest BCUT2D eigenvalue weighted by Gasteiger charge is -2.72. The molecule has 0 amide bonds. The van der Waals surface area contributed by atoms with Crippen LogP contribution in [0.4, 0.5) is 0 Å². The fourth-order valence-electron chi connectivity index (χ4n) is 12.5. The third kappa shape index (κ3) is 4.15. The maximum Gasteiger partial charge on any atom is 0.309 e. The number of carboxylic acids is 1. The second-order valence-corrected chi connectivity index (χ2v) is 16.5. The minimum absolute atomic E-state index is 0.0295. The van der Waals surface area contributed by atoms with Crippen molar-refractivity contribution in [3.05, 3.63) is 60.0 Å². The summed E-state index contributed by atoms with van der Waals surface area (Å²) in [6.07, 6.45) is 15.9. The van der Waals surface area contributed by atoms with Gasteiger partial charge in [-0.3, -0.25) is 14.4 Å². The number of furan rings is 2. The van der Waals surface area contributed by atoms with Gasteiger partial charge in [-0.1, -0.05) is 34.6 Å². The number of ketones is 2. The number of fused-ring (bicyclic) bond motifs is 7. The van der Waals surface area contributed by atoms with Crippen molar-refractivity contribution in [2.45, 2.75) is 92.4 Å². The third-order valence-electron chi connectivity index (χ3n) is 14.6. The number of carboxylic acid groups (broad SMARTS) is 1. The molecule has 0 aliphatic heterocycles. The van der Waals surface area contributed by atoms with Crippen LogP contribution in [-0.4, -0.2) is 22.6 Å². The standard InChI is InChI=1S/C39H48O6/c1-35(2)30-15-16-38(5)31(36(30,3)23-24(33(35)41)22-26-9-7-21-45-26)13-11-28-32-27(29(40)12-10-25-8-6-20-44-25)14-17-39(32,34(42)43)19-18-37(28,38)4/h6-10,12,20-22,27-28,30-32H,11,13-19,23H2,1-5H3,(H,42,43)/b12-10+,24-22-/t27-,28+,30-,31+,32+,36-,37+,38+,39-/m0/s1. The smallest absolute Gasteiger partial charge is 0.309 e. The van der Waals surface area contributed by atoms with Gasteiger partial charge in [-0.25, -0.2) is 0 Å². The van der Waals surface area contributed by atoms with Gasteiger partial charge in [0.05, 0.1) is 17.9 Å². The first-order valence-corrected chi connectivity index (χ1v) is 17.1. The van der Waals surface area contributed by atoms with Gasteiger partial charge in [0.15, 0.2) is 11.6 Å². The van der Waals surface area contributed by atoms with Gasteiger partial charge in [0.1, 0.15) is 11.5 Å². The Kier molecular flexibility index (Phi) is 6.90. The van der Waals surface area contributed by atoms with E-state index in [0.717, 1.165) is 49.9 Å². The highest BCUT2D eigenvalue weighted by Gasteiger charge is 2.72. The van der Waals surface area contributed by atoms with Crippen molar-refractivity contribution in [1.29, 1.82) is 0 Å². The molecule has 0 unspecified atom stereocenters. The lowest BCUT2D eigenvalue weighted by atomic mass is 9.32. The van der Waals surface area contributed by atoms with Crippen LogP contribution in [0.5, 0.6) is 0 Å². The van der Waals surface area contributed by atoms with Crippen LogP contribution in [0.15, 0.2) is 57.3 Å². The van der Waals surface area contributed by atoms with Gasteiger partial charge < -0.3 is 13.9 Å². The topological polar surface area (TPSA) is 97.7 Å². The SMILES string of the molecule is CC1(C)C(=O)/C(=C\c2ccco2)C[C@]2(C)[C@H]3CC[C@@H]4[C@H]5[C@H](C(=O)/C=C/c6ccco6)CC[C@]5(C(=O)O)CC[C@@]4(C)[C@]3(C)CC[C@@H]12. The van der Waals surface area contributed by atoms with Crippen molar-refractivity contribution in [3.8, 4) is 0 Å². The van der Waals surface area contributed by atoms with Crippen LogP contribution in [0.25, 0.3) is 12.2 Å². The molecule has 2 aromatic rings. The number of hydrogen-bond acceptors (Lipinski definition) is 5. The molecule has 2 aromatic heterocycles. The molecule has 7 rings (SSSR count). The Morgan fingerprint density at radius 3 is 2.22 bits per heavy atom. The molecule has 5 aliphatic carbocycles. The summed E-state index contributed by atoms with van der Waals surface area (Å²) in [5.41, 5.74) is -0.654. The van der Waals surface area contributed by atoms with E-state index < -0.39 is 16.8 Å². The molecule has 0 bridgehead atoms. The van der Waals surface area contributed by atoms with Crippen molar-refractivity contribution in [3.63, 3.8) is 0 Å². The number of aliphatic carboxylic acids is 1. The molecular formula is C39H48O6. The predicted molar refractivity (Wildman–Crippen MR) is 172 cm³/mol. The minimum atomic E-state index is -0.842. The van der Waals surface area contributed by atoms with Gasteiger partial charge in [0, 0.05) is 11.3 Å². The summed E-state index contributed by atoms with van der Waals surface area (Å²) in [6.45, 7) is 11.7. The van der Waals surface area contributed by atoms with E-state index in [2.05, 4.69) is 34.6 Å². The molecule has 0 spiro atoms. The van der Waals surface area contributed by atoms with E-state index in [4.69, 9.17) is 8.83 Å². The number of rotatable bonds is 5. The molecule has 5 aliphatic rings. The Balaban J connectivity index is 1.26. The predicted octanol–water partition coefficient (Wildman–Crippen LogP) is 8.88. The summed E-state index contributed by atoms with van der Waals surface area (Å²) in [6, 6.07) is 7.41. The zero-order valence-corrected chi connectivity index (χ0v) is 27.4. The van der Waals surface area contributed by atoms with Crippen LogP contribution >= 0.6 is 0 Å². The molecule has 5 fully saturated rings. The fourth-order valence-corrected chi connectivity index (χ4v) is 12.5. The molecule has 5 saturated carbocycles.